The molecular weight excluding hydrogens is 383 g/mol. The highest BCUT2D eigenvalue weighted by atomic mass is 32.1. The Morgan fingerprint density at radius 2 is 2.11 bits per heavy atom. The number of hydrogen-bond acceptors (Lipinski definition) is 6. The number of aromatic nitrogens is 1. The predicted molar refractivity (Wildman–Crippen MR) is 106 cm³/mol. The molecule has 0 fully saturated rings. The summed E-state index contributed by atoms with van der Waals surface area (Å²) in [5.74, 6) is -0.372. The third-order valence-electron chi connectivity index (χ3n) is 3.78. The summed E-state index contributed by atoms with van der Waals surface area (Å²) in [6, 6.07) is 12.5. The number of ether oxygens (including phenoxy) is 1. The second kappa shape index (κ2) is 9.16. The monoisotopic (exact) mass is 400 g/mol. The van der Waals surface area contributed by atoms with Gasteiger partial charge in [-0.1, -0.05) is 24.3 Å². The van der Waals surface area contributed by atoms with Gasteiger partial charge in [-0.2, -0.15) is 5.10 Å². The maximum Gasteiger partial charge on any atom is 0.270 e. The minimum Gasteiger partial charge on any atom is -0.383 e. The number of non-ortho nitro benzene ring substituents is 1. The summed E-state index contributed by atoms with van der Waals surface area (Å²) in [6.45, 7) is 0.877. The topological polar surface area (TPSA) is 82.0 Å². The maximum absolute atomic E-state index is 14.3. The van der Waals surface area contributed by atoms with Gasteiger partial charge in [0.2, 0.25) is 4.80 Å². The molecule has 7 nitrogen and oxygen atoms in total. The quantitative estimate of drug-likeness (QED) is 0.262. The van der Waals surface area contributed by atoms with Crippen molar-refractivity contribution in [2.24, 2.45) is 10.1 Å². The summed E-state index contributed by atoms with van der Waals surface area (Å²) in [6.07, 6.45) is 1.49. The Kier molecular flexibility index (Phi) is 6.41. The van der Waals surface area contributed by atoms with Crippen LogP contribution in [0, 0.1) is 15.9 Å². The number of methoxy groups -OCH3 is 1. The fourth-order valence-electron chi connectivity index (χ4n) is 2.45. The van der Waals surface area contributed by atoms with E-state index in [1.807, 2.05) is 0 Å². The second-order valence-corrected chi connectivity index (χ2v) is 6.50. The molecule has 28 heavy (non-hydrogen) atoms. The molecule has 0 amide bonds. The summed E-state index contributed by atoms with van der Waals surface area (Å²) >= 11 is 1.33. The van der Waals surface area contributed by atoms with E-state index in [0.717, 1.165) is 0 Å². The van der Waals surface area contributed by atoms with E-state index in [1.54, 1.807) is 42.8 Å². The molecule has 0 atom stereocenters. The second-order valence-electron chi connectivity index (χ2n) is 5.67. The van der Waals surface area contributed by atoms with Crippen molar-refractivity contribution >= 4 is 23.2 Å². The number of benzene rings is 2. The van der Waals surface area contributed by atoms with Crippen molar-refractivity contribution < 1.29 is 14.1 Å². The number of halogens is 1. The first-order chi connectivity index (χ1) is 13.6. The summed E-state index contributed by atoms with van der Waals surface area (Å²) in [5, 5.41) is 17.1. The zero-order valence-corrected chi connectivity index (χ0v) is 15.8. The van der Waals surface area contributed by atoms with Crippen molar-refractivity contribution in [1.82, 2.24) is 4.68 Å². The molecule has 0 bridgehead atoms. The first kappa shape index (κ1) is 19.6. The zero-order chi connectivity index (χ0) is 19.9. The molecule has 0 N–H and O–H groups in total. The van der Waals surface area contributed by atoms with Gasteiger partial charge >= 0.3 is 0 Å². The number of nitro benzene ring substituents is 1. The van der Waals surface area contributed by atoms with E-state index in [-0.39, 0.29) is 11.5 Å². The Bertz CT molecular complexity index is 1070. The van der Waals surface area contributed by atoms with Crippen molar-refractivity contribution in [3.05, 3.63) is 80.2 Å². The lowest BCUT2D eigenvalue weighted by Crippen LogP contribution is -2.14. The molecule has 9 heteroatoms. The van der Waals surface area contributed by atoms with Crippen LogP contribution >= 0.6 is 11.3 Å². The first-order valence-electron chi connectivity index (χ1n) is 8.34. The van der Waals surface area contributed by atoms with E-state index in [2.05, 4.69) is 10.1 Å². The van der Waals surface area contributed by atoms with Crippen molar-refractivity contribution in [2.45, 2.75) is 0 Å². The Hall–Kier alpha value is -3.17. The van der Waals surface area contributed by atoms with Crippen LogP contribution in [-0.4, -0.2) is 36.1 Å². The smallest absolute Gasteiger partial charge is 0.270 e. The van der Waals surface area contributed by atoms with Gasteiger partial charge in [0.25, 0.3) is 5.69 Å². The van der Waals surface area contributed by atoms with Gasteiger partial charge in [0, 0.05) is 35.7 Å². The molecule has 1 aromatic heterocycles. The molecular formula is C19H17FN4O3S. The fraction of sp³-hybridized carbons (Fsp3) is 0.158. The first-order valence-corrected chi connectivity index (χ1v) is 9.22. The van der Waals surface area contributed by atoms with Crippen LogP contribution in [0.4, 0.5) is 10.1 Å². The lowest BCUT2D eigenvalue weighted by molar-refractivity contribution is -0.384. The Labute approximate surface area is 164 Å². The standard InChI is InChI=1S/C19H17FN4O3S/c1-27-10-9-21-19-23(18(13-28-19)16-7-2-3-8-17(16)20)22-12-14-5-4-6-15(11-14)24(25)26/h2-8,11-13H,9-10H2,1H3/b21-19?,22-12-. The lowest BCUT2D eigenvalue weighted by Gasteiger charge is -2.05. The average Bonchev–Trinajstić information content (AvgIpc) is 3.09. The van der Waals surface area contributed by atoms with Crippen LogP contribution in [0.25, 0.3) is 11.3 Å². The number of nitrogens with zero attached hydrogens (tertiary/aromatic N) is 4. The van der Waals surface area contributed by atoms with Gasteiger partial charge in [0.15, 0.2) is 0 Å². The number of thiazole rings is 1. The predicted octanol–water partition coefficient (Wildman–Crippen LogP) is 3.69. The van der Waals surface area contributed by atoms with Gasteiger partial charge in [-0.15, -0.1) is 11.3 Å². The highest BCUT2D eigenvalue weighted by Crippen LogP contribution is 2.23. The largest absolute Gasteiger partial charge is 0.383 e. The molecule has 0 saturated carbocycles. The maximum atomic E-state index is 14.3. The molecule has 0 unspecified atom stereocenters. The summed E-state index contributed by atoms with van der Waals surface area (Å²) in [4.78, 5) is 15.5. The summed E-state index contributed by atoms with van der Waals surface area (Å²) in [5.41, 5.74) is 1.46. The van der Waals surface area contributed by atoms with Crippen LogP contribution in [-0.2, 0) is 4.74 Å². The zero-order valence-electron chi connectivity index (χ0n) is 15.0. The molecule has 2 aromatic carbocycles. The molecule has 0 radical (unpaired) electrons. The third-order valence-corrected chi connectivity index (χ3v) is 4.63. The van der Waals surface area contributed by atoms with Crippen LogP contribution in [0.2, 0.25) is 0 Å². The van der Waals surface area contributed by atoms with E-state index < -0.39 is 4.92 Å². The molecule has 144 valence electrons. The van der Waals surface area contributed by atoms with Crippen LogP contribution in [0.3, 0.4) is 0 Å². The number of hydrogen-bond donors (Lipinski definition) is 0. The Morgan fingerprint density at radius 1 is 1.29 bits per heavy atom. The Balaban J connectivity index is 2.05. The third kappa shape index (κ3) is 4.56. The Morgan fingerprint density at radius 3 is 2.86 bits per heavy atom. The molecule has 0 aliphatic carbocycles. The summed E-state index contributed by atoms with van der Waals surface area (Å²) in [7, 11) is 1.59. The molecule has 0 saturated heterocycles. The van der Waals surface area contributed by atoms with Gasteiger partial charge in [0.1, 0.15) is 5.82 Å². The number of nitro groups is 1. The SMILES string of the molecule is COCCN=c1scc(-c2ccccc2F)n1/N=C\c1cccc([N+](=O)[O-])c1. The van der Waals surface area contributed by atoms with Gasteiger partial charge in [-0.05, 0) is 12.1 Å². The van der Waals surface area contributed by atoms with E-state index in [0.29, 0.717) is 34.8 Å². The van der Waals surface area contributed by atoms with Crippen LogP contribution in [0.15, 0.2) is 64.0 Å². The highest BCUT2D eigenvalue weighted by Gasteiger charge is 2.11. The molecule has 3 aromatic rings. The van der Waals surface area contributed by atoms with Crippen LogP contribution in [0.5, 0.6) is 0 Å². The van der Waals surface area contributed by atoms with E-state index in [9.17, 15) is 14.5 Å². The molecule has 0 aliphatic rings. The van der Waals surface area contributed by atoms with Crippen LogP contribution < -0.4 is 4.80 Å². The molecule has 0 spiro atoms. The van der Waals surface area contributed by atoms with Crippen LogP contribution in [0.1, 0.15) is 5.56 Å². The van der Waals surface area contributed by atoms with Gasteiger partial charge in [0.05, 0.1) is 30.0 Å². The normalized spacial score (nSPS) is 12.0. The molecule has 3 rings (SSSR count). The highest BCUT2D eigenvalue weighted by molar-refractivity contribution is 7.07. The lowest BCUT2D eigenvalue weighted by atomic mass is 10.1. The minimum atomic E-state index is -0.467. The van der Waals surface area contributed by atoms with Crippen molar-refractivity contribution in [2.75, 3.05) is 20.3 Å². The van der Waals surface area contributed by atoms with E-state index in [4.69, 9.17) is 4.74 Å². The molecule has 0 aliphatic heterocycles. The molecule has 1 heterocycles. The van der Waals surface area contributed by atoms with Gasteiger partial charge in [-0.3, -0.25) is 15.1 Å². The average molecular weight is 400 g/mol. The van der Waals surface area contributed by atoms with Gasteiger partial charge < -0.3 is 4.74 Å². The number of rotatable bonds is 7. The van der Waals surface area contributed by atoms with Gasteiger partial charge in [-0.25, -0.2) is 9.07 Å². The van der Waals surface area contributed by atoms with E-state index in [1.165, 1.54) is 40.4 Å². The van der Waals surface area contributed by atoms with E-state index >= 15 is 0 Å². The fourth-order valence-corrected chi connectivity index (χ4v) is 3.30. The summed E-state index contributed by atoms with van der Waals surface area (Å²) < 4.78 is 20.8. The minimum absolute atomic E-state index is 0.0291. The van der Waals surface area contributed by atoms with Crippen molar-refractivity contribution in [3.63, 3.8) is 0 Å². The van der Waals surface area contributed by atoms with Crippen molar-refractivity contribution in [3.8, 4) is 11.3 Å². The van der Waals surface area contributed by atoms with Crippen molar-refractivity contribution in [1.29, 1.82) is 0 Å².